The van der Waals surface area contributed by atoms with Crippen LogP contribution in [0.15, 0.2) is 28.9 Å². The van der Waals surface area contributed by atoms with E-state index in [0.29, 0.717) is 10.2 Å². The summed E-state index contributed by atoms with van der Waals surface area (Å²) in [6, 6.07) is 5.92. The molecule has 0 aliphatic rings. The standard InChI is InChI=1S/C14H16BrN3O/c1-4-18-8-11(15)13(17-18)14(19)16-12-6-5-9(2)7-10(12)3/h5-8H,4H2,1-3H3,(H,16,19). The molecule has 1 N–H and O–H groups in total. The highest BCUT2D eigenvalue weighted by atomic mass is 79.9. The Kier molecular flexibility index (Phi) is 4.04. The molecule has 0 aliphatic carbocycles. The highest BCUT2D eigenvalue weighted by molar-refractivity contribution is 9.10. The summed E-state index contributed by atoms with van der Waals surface area (Å²) in [5, 5.41) is 7.12. The lowest BCUT2D eigenvalue weighted by Crippen LogP contribution is -2.14. The van der Waals surface area contributed by atoms with Crippen LogP contribution in [-0.4, -0.2) is 15.7 Å². The van der Waals surface area contributed by atoms with Gasteiger partial charge in [-0.15, -0.1) is 0 Å². The second-order valence-corrected chi connectivity index (χ2v) is 5.31. The predicted molar refractivity (Wildman–Crippen MR) is 79.5 cm³/mol. The van der Waals surface area contributed by atoms with Crippen LogP contribution in [-0.2, 0) is 6.54 Å². The molecule has 0 saturated carbocycles. The maximum Gasteiger partial charge on any atom is 0.277 e. The van der Waals surface area contributed by atoms with Gasteiger partial charge in [-0.1, -0.05) is 17.7 Å². The Labute approximate surface area is 120 Å². The average Bonchev–Trinajstić information content (AvgIpc) is 2.74. The average molecular weight is 322 g/mol. The number of halogens is 1. The van der Waals surface area contributed by atoms with Crippen molar-refractivity contribution in [2.75, 3.05) is 5.32 Å². The van der Waals surface area contributed by atoms with E-state index in [1.54, 1.807) is 10.9 Å². The summed E-state index contributed by atoms with van der Waals surface area (Å²) in [6.07, 6.45) is 1.80. The first-order valence-corrected chi connectivity index (χ1v) is 6.92. The second-order valence-electron chi connectivity index (χ2n) is 4.45. The lowest BCUT2D eigenvalue weighted by molar-refractivity contribution is 0.102. The third-order valence-electron chi connectivity index (χ3n) is 2.89. The number of nitrogens with one attached hydrogen (secondary N) is 1. The second kappa shape index (κ2) is 5.57. The van der Waals surface area contributed by atoms with Gasteiger partial charge >= 0.3 is 0 Å². The molecular weight excluding hydrogens is 306 g/mol. The van der Waals surface area contributed by atoms with Crippen LogP contribution in [0.5, 0.6) is 0 Å². The quantitative estimate of drug-likeness (QED) is 0.939. The summed E-state index contributed by atoms with van der Waals surface area (Å²) in [5.74, 6) is -0.203. The molecule has 1 heterocycles. The minimum absolute atomic E-state index is 0.203. The molecule has 1 amide bonds. The van der Waals surface area contributed by atoms with E-state index in [9.17, 15) is 4.79 Å². The normalized spacial score (nSPS) is 10.5. The molecule has 0 fully saturated rings. The first kappa shape index (κ1) is 13.8. The van der Waals surface area contributed by atoms with Crippen LogP contribution in [0.2, 0.25) is 0 Å². The summed E-state index contributed by atoms with van der Waals surface area (Å²) in [7, 11) is 0. The van der Waals surface area contributed by atoms with Crippen molar-refractivity contribution in [1.82, 2.24) is 9.78 Å². The van der Waals surface area contributed by atoms with Crippen molar-refractivity contribution < 1.29 is 4.79 Å². The number of aromatic nitrogens is 2. The fourth-order valence-electron chi connectivity index (χ4n) is 1.85. The Morgan fingerprint density at radius 3 is 2.74 bits per heavy atom. The minimum Gasteiger partial charge on any atom is -0.320 e. The Hall–Kier alpha value is -1.62. The highest BCUT2D eigenvalue weighted by Gasteiger charge is 2.15. The molecule has 1 aromatic carbocycles. The molecule has 0 spiro atoms. The number of hydrogen-bond donors (Lipinski definition) is 1. The van der Waals surface area contributed by atoms with Gasteiger partial charge in [0, 0.05) is 18.4 Å². The van der Waals surface area contributed by atoms with Gasteiger partial charge in [0.2, 0.25) is 0 Å². The van der Waals surface area contributed by atoms with Crippen molar-refractivity contribution >= 4 is 27.5 Å². The number of amides is 1. The van der Waals surface area contributed by atoms with E-state index in [2.05, 4.69) is 26.3 Å². The molecule has 0 saturated heterocycles. The zero-order valence-electron chi connectivity index (χ0n) is 11.2. The van der Waals surface area contributed by atoms with Crippen molar-refractivity contribution in [1.29, 1.82) is 0 Å². The van der Waals surface area contributed by atoms with Gasteiger partial charge in [-0.2, -0.15) is 5.10 Å². The van der Waals surface area contributed by atoms with Gasteiger partial charge in [-0.05, 0) is 48.3 Å². The lowest BCUT2D eigenvalue weighted by atomic mass is 10.1. The van der Waals surface area contributed by atoms with Crippen LogP contribution in [0.1, 0.15) is 28.5 Å². The topological polar surface area (TPSA) is 46.9 Å². The third kappa shape index (κ3) is 3.04. The largest absolute Gasteiger partial charge is 0.320 e. The van der Waals surface area contributed by atoms with Crippen LogP contribution in [0.3, 0.4) is 0 Å². The first-order valence-electron chi connectivity index (χ1n) is 6.12. The van der Waals surface area contributed by atoms with E-state index in [1.165, 1.54) is 5.56 Å². The van der Waals surface area contributed by atoms with Crippen LogP contribution in [0, 0.1) is 13.8 Å². The van der Waals surface area contributed by atoms with Crippen molar-refractivity contribution in [3.8, 4) is 0 Å². The van der Waals surface area contributed by atoms with Gasteiger partial charge < -0.3 is 5.32 Å². The number of rotatable bonds is 3. The molecule has 0 atom stereocenters. The maximum atomic E-state index is 12.2. The zero-order chi connectivity index (χ0) is 14.0. The van der Waals surface area contributed by atoms with Gasteiger partial charge in [0.15, 0.2) is 5.69 Å². The molecule has 4 nitrogen and oxygen atoms in total. The highest BCUT2D eigenvalue weighted by Crippen LogP contribution is 2.20. The number of benzene rings is 1. The summed E-state index contributed by atoms with van der Waals surface area (Å²) in [4.78, 5) is 12.2. The van der Waals surface area contributed by atoms with Gasteiger partial charge in [-0.25, -0.2) is 0 Å². The maximum absolute atomic E-state index is 12.2. The number of carbonyl (C=O) groups is 1. The number of aryl methyl sites for hydroxylation is 3. The van der Waals surface area contributed by atoms with Crippen LogP contribution in [0.25, 0.3) is 0 Å². The smallest absolute Gasteiger partial charge is 0.277 e. The van der Waals surface area contributed by atoms with Crippen LogP contribution in [0.4, 0.5) is 5.69 Å². The Morgan fingerprint density at radius 2 is 2.16 bits per heavy atom. The van der Waals surface area contributed by atoms with Gasteiger partial charge in [-0.3, -0.25) is 9.48 Å². The summed E-state index contributed by atoms with van der Waals surface area (Å²) < 4.78 is 2.43. The van der Waals surface area contributed by atoms with E-state index < -0.39 is 0 Å². The summed E-state index contributed by atoms with van der Waals surface area (Å²) >= 11 is 3.36. The number of nitrogens with zero attached hydrogens (tertiary/aromatic N) is 2. The number of carbonyl (C=O) groups excluding carboxylic acids is 1. The number of hydrogen-bond acceptors (Lipinski definition) is 2. The number of anilines is 1. The van der Waals surface area contributed by atoms with Crippen molar-refractivity contribution in [3.63, 3.8) is 0 Å². The van der Waals surface area contributed by atoms with Gasteiger partial charge in [0.1, 0.15) is 0 Å². The van der Waals surface area contributed by atoms with Crippen molar-refractivity contribution in [3.05, 3.63) is 45.7 Å². The molecule has 0 bridgehead atoms. The molecule has 2 aromatic rings. The zero-order valence-corrected chi connectivity index (χ0v) is 12.8. The lowest BCUT2D eigenvalue weighted by Gasteiger charge is -2.08. The van der Waals surface area contributed by atoms with Crippen LogP contribution >= 0.6 is 15.9 Å². The molecule has 0 radical (unpaired) electrons. The minimum atomic E-state index is -0.203. The third-order valence-corrected chi connectivity index (χ3v) is 3.47. The summed E-state index contributed by atoms with van der Waals surface area (Å²) in [6.45, 7) is 6.71. The fourth-order valence-corrected chi connectivity index (χ4v) is 2.34. The van der Waals surface area contributed by atoms with Gasteiger partial charge in [0.05, 0.1) is 4.47 Å². The molecule has 2 rings (SSSR count). The Balaban J connectivity index is 2.23. The summed E-state index contributed by atoms with van der Waals surface area (Å²) in [5.41, 5.74) is 3.43. The van der Waals surface area contributed by atoms with Gasteiger partial charge in [0.25, 0.3) is 5.91 Å². The fraction of sp³-hybridized carbons (Fsp3) is 0.286. The Morgan fingerprint density at radius 1 is 1.42 bits per heavy atom. The van der Waals surface area contributed by atoms with E-state index in [-0.39, 0.29) is 5.91 Å². The first-order chi connectivity index (χ1) is 9.01. The molecular formula is C14H16BrN3O. The van der Waals surface area contributed by atoms with E-state index >= 15 is 0 Å². The molecule has 5 heteroatoms. The molecule has 100 valence electrons. The van der Waals surface area contributed by atoms with Crippen molar-refractivity contribution in [2.45, 2.75) is 27.3 Å². The van der Waals surface area contributed by atoms with E-state index in [1.807, 2.05) is 39.0 Å². The Bertz CT molecular complexity index is 619. The molecule has 1 aromatic heterocycles. The predicted octanol–water partition coefficient (Wildman–Crippen LogP) is 3.53. The molecule has 0 unspecified atom stereocenters. The van der Waals surface area contributed by atoms with Crippen molar-refractivity contribution in [2.24, 2.45) is 0 Å². The SMILES string of the molecule is CCn1cc(Br)c(C(=O)Nc2ccc(C)cc2C)n1. The molecule has 19 heavy (non-hydrogen) atoms. The molecule has 0 aliphatic heterocycles. The van der Waals surface area contributed by atoms with E-state index in [0.717, 1.165) is 17.8 Å². The van der Waals surface area contributed by atoms with E-state index in [4.69, 9.17) is 0 Å². The monoisotopic (exact) mass is 321 g/mol. The van der Waals surface area contributed by atoms with Crippen LogP contribution < -0.4 is 5.32 Å².